The van der Waals surface area contributed by atoms with Crippen LogP contribution in [0.5, 0.6) is 5.75 Å². The number of unbranched alkanes of at least 4 members (excludes halogenated alkanes) is 2. The Hall–Kier alpha value is -2.41. The van der Waals surface area contributed by atoms with Crippen molar-refractivity contribution in [2.24, 2.45) is 11.8 Å². The van der Waals surface area contributed by atoms with Crippen molar-refractivity contribution in [2.45, 2.75) is 90.5 Å². The monoisotopic (exact) mass is 637 g/mol. The van der Waals surface area contributed by atoms with Crippen molar-refractivity contribution < 1.29 is 14.3 Å². The molecule has 6 nitrogen and oxygen atoms in total. The molecule has 1 heterocycles. The Labute approximate surface area is 277 Å². The Kier molecular flexibility index (Phi) is 13.8. The van der Waals surface area contributed by atoms with Gasteiger partial charge >= 0.3 is 0 Å². The van der Waals surface area contributed by atoms with Crippen molar-refractivity contribution in [3.63, 3.8) is 0 Å². The lowest BCUT2D eigenvalue weighted by molar-refractivity contribution is -0.128. The van der Waals surface area contributed by atoms with Crippen LogP contribution in [0.2, 0.25) is 0 Å². The Bertz CT molecular complexity index is 1220. The van der Waals surface area contributed by atoms with Gasteiger partial charge in [0.05, 0.1) is 12.8 Å². The zero-order valence-corrected chi connectivity index (χ0v) is 29.2. The smallest absolute Gasteiger partial charge is 0.242 e. The van der Waals surface area contributed by atoms with E-state index < -0.39 is 6.04 Å². The predicted molar refractivity (Wildman–Crippen MR) is 187 cm³/mol. The van der Waals surface area contributed by atoms with E-state index in [9.17, 15) is 9.59 Å². The Morgan fingerprint density at radius 1 is 0.933 bits per heavy atom. The third-order valence-electron chi connectivity index (χ3n) is 10.2. The molecule has 0 aromatic heterocycles. The van der Waals surface area contributed by atoms with E-state index in [1.807, 2.05) is 18.2 Å². The second kappa shape index (κ2) is 17.5. The van der Waals surface area contributed by atoms with Crippen LogP contribution >= 0.6 is 11.6 Å². The van der Waals surface area contributed by atoms with Gasteiger partial charge in [0.25, 0.3) is 0 Å². The third-order valence-corrected chi connectivity index (χ3v) is 10.4. The second-order valence-electron chi connectivity index (χ2n) is 13.6. The molecule has 0 bridgehead atoms. The third kappa shape index (κ3) is 9.33. The fourth-order valence-electron chi connectivity index (χ4n) is 7.23. The zero-order valence-electron chi connectivity index (χ0n) is 28.4. The van der Waals surface area contributed by atoms with Crippen molar-refractivity contribution in [3.8, 4) is 5.75 Å². The minimum atomic E-state index is -0.776. The first-order valence-corrected chi connectivity index (χ1v) is 17.9. The van der Waals surface area contributed by atoms with Gasteiger partial charge in [-0.15, -0.1) is 11.6 Å². The molecule has 2 aliphatic rings. The standard InChI is InChI=1S/C38H56ClN3O3/c1-28(2)33-16-12-17-34(38(33)45-5)42(35(43)27-39)36(37(44)29(3)31-14-9-6-10-15-31)32-20-18-30(19-21-32)13-8-7-11-22-41-25-23-40(4)24-26-41/h12,16-21,28-29,31,36H,6-11,13-15,22-27H2,1-5H3. The van der Waals surface area contributed by atoms with E-state index in [0.717, 1.165) is 49.7 Å². The van der Waals surface area contributed by atoms with E-state index in [-0.39, 0.29) is 29.4 Å². The first-order valence-electron chi connectivity index (χ1n) is 17.3. The van der Waals surface area contributed by atoms with E-state index in [4.69, 9.17) is 16.3 Å². The molecule has 0 spiro atoms. The van der Waals surface area contributed by atoms with Gasteiger partial charge in [-0.2, -0.15) is 0 Å². The molecule has 1 aliphatic carbocycles. The average Bonchev–Trinajstić information content (AvgIpc) is 3.07. The van der Waals surface area contributed by atoms with Crippen LogP contribution in [-0.2, 0) is 16.0 Å². The van der Waals surface area contributed by atoms with Crippen LogP contribution in [0.3, 0.4) is 0 Å². The van der Waals surface area contributed by atoms with Gasteiger partial charge in [-0.3, -0.25) is 14.5 Å². The number of methoxy groups -OCH3 is 1. The first-order chi connectivity index (χ1) is 21.7. The lowest BCUT2D eigenvalue weighted by Gasteiger charge is -2.36. The number of piperazine rings is 1. The molecule has 0 N–H and O–H groups in total. The molecule has 1 saturated heterocycles. The summed E-state index contributed by atoms with van der Waals surface area (Å²) in [5.41, 5.74) is 3.70. The number of aryl methyl sites for hydroxylation is 1. The average molecular weight is 638 g/mol. The number of para-hydroxylation sites is 1. The number of anilines is 1. The fourth-order valence-corrected chi connectivity index (χ4v) is 7.35. The zero-order chi connectivity index (χ0) is 32.3. The SMILES string of the molecule is COc1c(C(C)C)cccc1N(C(=O)CCl)C(C(=O)C(C)C1CCCCC1)c1ccc(CCCCCN2CCN(C)CC2)cc1. The first kappa shape index (κ1) is 35.4. The molecule has 248 valence electrons. The molecule has 2 fully saturated rings. The van der Waals surface area contributed by atoms with Gasteiger partial charge in [0, 0.05) is 32.1 Å². The number of carbonyl (C=O) groups excluding carboxylic acids is 2. The number of nitrogens with zero attached hydrogens (tertiary/aromatic N) is 3. The van der Waals surface area contributed by atoms with E-state index in [1.165, 1.54) is 57.5 Å². The lowest BCUT2D eigenvalue weighted by atomic mass is 9.76. The van der Waals surface area contributed by atoms with Crippen LogP contribution in [0, 0.1) is 11.8 Å². The molecule has 2 aromatic rings. The van der Waals surface area contributed by atoms with Gasteiger partial charge in [-0.1, -0.05) is 82.9 Å². The minimum Gasteiger partial charge on any atom is -0.494 e. The summed E-state index contributed by atoms with van der Waals surface area (Å²) in [7, 11) is 3.84. The number of ether oxygens (including phenoxy) is 1. The number of halogens is 1. The van der Waals surface area contributed by atoms with E-state index in [1.54, 1.807) is 12.0 Å². The van der Waals surface area contributed by atoms with E-state index in [0.29, 0.717) is 17.4 Å². The van der Waals surface area contributed by atoms with Crippen LogP contribution in [0.1, 0.15) is 101 Å². The number of amides is 1. The van der Waals surface area contributed by atoms with Crippen LogP contribution in [0.15, 0.2) is 42.5 Å². The number of benzene rings is 2. The molecule has 2 atom stereocenters. The number of Topliss-reactive ketones (excluding diaryl/α,β-unsaturated/α-hetero) is 1. The summed E-state index contributed by atoms with van der Waals surface area (Å²) in [6, 6.07) is 13.5. The molecule has 1 aliphatic heterocycles. The summed E-state index contributed by atoms with van der Waals surface area (Å²) in [6.45, 7) is 12.1. The summed E-state index contributed by atoms with van der Waals surface area (Å²) in [5.74, 6) is 0.536. The van der Waals surface area contributed by atoms with Gasteiger partial charge in [-0.25, -0.2) is 0 Å². The normalized spacial score (nSPS) is 18.1. The number of hydrogen-bond acceptors (Lipinski definition) is 5. The second-order valence-corrected chi connectivity index (χ2v) is 13.9. The Morgan fingerprint density at radius 2 is 1.62 bits per heavy atom. The quantitative estimate of drug-likeness (QED) is 0.147. The number of ketones is 1. The van der Waals surface area contributed by atoms with Gasteiger partial charge in [0.1, 0.15) is 17.7 Å². The molecule has 4 rings (SSSR count). The Balaban J connectivity index is 1.57. The van der Waals surface area contributed by atoms with Crippen LogP contribution in [-0.4, -0.2) is 74.3 Å². The molecule has 2 unspecified atom stereocenters. The molecule has 1 amide bonds. The van der Waals surface area contributed by atoms with Crippen LogP contribution < -0.4 is 9.64 Å². The molecular weight excluding hydrogens is 582 g/mol. The highest BCUT2D eigenvalue weighted by Gasteiger charge is 2.39. The van der Waals surface area contributed by atoms with Gasteiger partial charge in [0.15, 0.2) is 5.78 Å². The number of carbonyl (C=O) groups is 2. The van der Waals surface area contributed by atoms with E-state index in [2.05, 4.69) is 61.9 Å². The number of hydrogen-bond donors (Lipinski definition) is 0. The highest BCUT2D eigenvalue weighted by atomic mass is 35.5. The summed E-state index contributed by atoms with van der Waals surface area (Å²) >= 11 is 6.27. The molecule has 1 saturated carbocycles. The van der Waals surface area contributed by atoms with Gasteiger partial charge < -0.3 is 14.5 Å². The van der Waals surface area contributed by atoms with E-state index >= 15 is 0 Å². The van der Waals surface area contributed by atoms with Crippen LogP contribution in [0.25, 0.3) is 0 Å². The van der Waals surface area contributed by atoms with Crippen molar-refractivity contribution in [1.29, 1.82) is 0 Å². The number of likely N-dealkylation sites (N-methyl/N-ethyl adjacent to an activating group) is 1. The lowest BCUT2D eigenvalue weighted by Crippen LogP contribution is -2.44. The molecule has 0 radical (unpaired) electrons. The molecule has 45 heavy (non-hydrogen) atoms. The van der Waals surface area contributed by atoms with Crippen molar-refractivity contribution >= 4 is 29.0 Å². The fraction of sp³-hybridized carbons (Fsp3) is 0.632. The van der Waals surface area contributed by atoms with Crippen molar-refractivity contribution in [1.82, 2.24) is 9.80 Å². The van der Waals surface area contributed by atoms with Crippen LogP contribution in [0.4, 0.5) is 5.69 Å². The number of rotatable bonds is 15. The highest BCUT2D eigenvalue weighted by molar-refractivity contribution is 6.30. The molecule has 2 aromatic carbocycles. The molecular formula is C38H56ClN3O3. The maximum Gasteiger partial charge on any atom is 0.242 e. The minimum absolute atomic E-state index is 0.0778. The van der Waals surface area contributed by atoms with Gasteiger partial charge in [0.2, 0.25) is 5.91 Å². The predicted octanol–water partition coefficient (Wildman–Crippen LogP) is 7.88. The largest absolute Gasteiger partial charge is 0.494 e. The Morgan fingerprint density at radius 3 is 2.24 bits per heavy atom. The summed E-state index contributed by atoms with van der Waals surface area (Å²) in [6.07, 6.45) is 10.2. The summed E-state index contributed by atoms with van der Waals surface area (Å²) in [5, 5.41) is 0. The molecule has 7 heteroatoms. The highest BCUT2D eigenvalue weighted by Crippen LogP contribution is 2.42. The van der Waals surface area contributed by atoms with Gasteiger partial charge in [-0.05, 0) is 80.3 Å². The summed E-state index contributed by atoms with van der Waals surface area (Å²) < 4.78 is 5.93. The maximum absolute atomic E-state index is 14.6. The maximum atomic E-state index is 14.6. The number of alkyl halides is 1. The topological polar surface area (TPSA) is 53.1 Å². The van der Waals surface area contributed by atoms with Crippen molar-refractivity contribution in [3.05, 3.63) is 59.2 Å². The summed E-state index contributed by atoms with van der Waals surface area (Å²) in [4.78, 5) is 35.0. The van der Waals surface area contributed by atoms with Crippen molar-refractivity contribution in [2.75, 3.05) is 57.7 Å².